The van der Waals surface area contributed by atoms with Gasteiger partial charge in [-0.25, -0.2) is 0 Å². The summed E-state index contributed by atoms with van der Waals surface area (Å²) in [6.45, 7) is 4.22. The molecule has 0 amide bonds. The average Bonchev–Trinajstić information content (AvgIpc) is 3.34. The first-order chi connectivity index (χ1) is 16.9. The average molecular weight is 523 g/mol. The lowest BCUT2D eigenvalue weighted by Crippen LogP contribution is -2.29. The highest BCUT2D eigenvalue weighted by Crippen LogP contribution is 2.45. The fourth-order valence-electron chi connectivity index (χ4n) is 4.85. The molecule has 2 aromatic heterocycles. The summed E-state index contributed by atoms with van der Waals surface area (Å²) in [5.74, 6) is 0.616. The van der Waals surface area contributed by atoms with Gasteiger partial charge in [-0.15, -0.1) is 0 Å². The largest absolute Gasteiger partial charge is 0.495 e. The Morgan fingerprint density at radius 3 is 2.49 bits per heavy atom. The van der Waals surface area contributed by atoms with Crippen molar-refractivity contribution in [2.75, 3.05) is 12.0 Å². The molecule has 0 spiro atoms. The van der Waals surface area contributed by atoms with Crippen LogP contribution in [-0.4, -0.2) is 21.8 Å². The summed E-state index contributed by atoms with van der Waals surface area (Å²) >= 11 is 18.7. The maximum Gasteiger partial charge on any atom is 0.174 e. The molecule has 2 atom stereocenters. The molecule has 3 heterocycles. The first-order valence-electron chi connectivity index (χ1n) is 11.2. The summed E-state index contributed by atoms with van der Waals surface area (Å²) < 4.78 is 7.58. The van der Waals surface area contributed by atoms with Crippen LogP contribution in [0.15, 0.2) is 72.9 Å². The van der Waals surface area contributed by atoms with Gasteiger partial charge in [-0.3, -0.25) is 4.98 Å². The van der Waals surface area contributed by atoms with Gasteiger partial charge in [0.2, 0.25) is 0 Å². The van der Waals surface area contributed by atoms with Crippen molar-refractivity contribution in [3.8, 4) is 11.4 Å². The van der Waals surface area contributed by atoms with Crippen molar-refractivity contribution in [2.45, 2.75) is 25.9 Å². The molecule has 178 valence electrons. The van der Waals surface area contributed by atoms with E-state index in [0.717, 1.165) is 34.0 Å². The highest BCUT2D eigenvalue weighted by Gasteiger charge is 2.42. The van der Waals surface area contributed by atoms with Crippen LogP contribution in [0.5, 0.6) is 5.75 Å². The van der Waals surface area contributed by atoms with Crippen LogP contribution < -0.4 is 15.0 Å². The zero-order chi connectivity index (χ0) is 24.7. The minimum atomic E-state index is -0.155. The number of nitrogens with one attached hydrogen (secondary N) is 1. The molecular formula is C27H24Cl2N4OS. The molecule has 1 aliphatic rings. The van der Waals surface area contributed by atoms with Crippen LogP contribution in [0.25, 0.3) is 5.69 Å². The summed E-state index contributed by atoms with van der Waals surface area (Å²) in [5.41, 5.74) is 6.15. The van der Waals surface area contributed by atoms with Crippen molar-refractivity contribution in [3.63, 3.8) is 0 Å². The van der Waals surface area contributed by atoms with Crippen molar-refractivity contribution in [1.82, 2.24) is 14.9 Å². The Morgan fingerprint density at radius 2 is 1.80 bits per heavy atom. The second-order valence-corrected chi connectivity index (χ2v) is 9.69. The maximum absolute atomic E-state index is 6.51. The number of rotatable bonds is 5. The molecule has 35 heavy (non-hydrogen) atoms. The van der Waals surface area contributed by atoms with E-state index in [0.29, 0.717) is 20.9 Å². The van der Waals surface area contributed by atoms with Crippen LogP contribution in [0.1, 0.15) is 34.7 Å². The number of hydrogen-bond donors (Lipinski definition) is 1. The Balaban J connectivity index is 1.68. The monoisotopic (exact) mass is 522 g/mol. The van der Waals surface area contributed by atoms with E-state index in [4.69, 9.17) is 40.2 Å². The Morgan fingerprint density at radius 1 is 0.971 bits per heavy atom. The molecule has 0 saturated carbocycles. The molecule has 1 saturated heterocycles. The van der Waals surface area contributed by atoms with E-state index in [2.05, 4.69) is 45.7 Å². The molecule has 0 radical (unpaired) electrons. The number of nitrogens with zero attached hydrogens (tertiary/aromatic N) is 3. The minimum absolute atomic E-state index is 0.152. The van der Waals surface area contributed by atoms with Crippen LogP contribution >= 0.6 is 35.4 Å². The van der Waals surface area contributed by atoms with Gasteiger partial charge in [-0.1, -0.05) is 35.3 Å². The Bertz CT molecular complexity index is 1410. The number of benzene rings is 2. The Labute approximate surface area is 220 Å². The number of anilines is 1. The van der Waals surface area contributed by atoms with Gasteiger partial charge < -0.3 is 19.5 Å². The second kappa shape index (κ2) is 9.53. The number of pyridine rings is 1. The minimum Gasteiger partial charge on any atom is -0.495 e. The summed E-state index contributed by atoms with van der Waals surface area (Å²) in [6, 6.07) is 21.4. The predicted octanol–water partition coefficient (Wildman–Crippen LogP) is 6.98. The summed E-state index contributed by atoms with van der Waals surface area (Å²) in [4.78, 5) is 6.77. The first kappa shape index (κ1) is 23.7. The van der Waals surface area contributed by atoms with E-state index in [-0.39, 0.29) is 12.1 Å². The number of hydrogen-bond acceptors (Lipinski definition) is 3. The van der Waals surface area contributed by atoms with Gasteiger partial charge in [0.25, 0.3) is 0 Å². The van der Waals surface area contributed by atoms with Gasteiger partial charge in [0.1, 0.15) is 5.75 Å². The van der Waals surface area contributed by atoms with Crippen molar-refractivity contribution in [3.05, 3.63) is 106 Å². The normalized spacial score (nSPS) is 17.5. The molecule has 1 fully saturated rings. The van der Waals surface area contributed by atoms with Gasteiger partial charge in [0, 0.05) is 34.0 Å². The van der Waals surface area contributed by atoms with Crippen LogP contribution in [-0.2, 0) is 0 Å². The SMILES string of the molecule is COc1ccc(N2C(=S)NC(c3ccccn3)C2c2cc(C)n(-c3cccc(Cl)c3)c2C)cc1Cl. The number of halogens is 2. The lowest BCUT2D eigenvalue weighted by Gasteiger charge is -2.28. The van der Waals surface area contributed by atoms with E-state index in [9.17, 15) is 0 Å². The lowest BCUT2D eigenvalue weighted by molar-refractivity contribution is 0.415. The van der Waals surface area contributed by atoms with E-state index in [1.165, 1.54) is 0 Å². The summed E-state index contributed by atoms with van der Waals surface area (Å²) in [6.07, 6.45) is 1.80. The first-order valence-corrected chi connectivity index (χ1v) is 12.3. The van der Waals surface area contributed by atoms with E-state index in [1.807, 2.05) is 54.6 Å². The van der Waals surface area contributed by atoms with Crippen molar-refractivity contribution < 1.29 is 4.74 Å². The van der Waals surface area contributed by atoms with Crippen LogP contribution in [0.4, 0.5) is 5.69 Å². The number of aryl methyl sites for hydroxylation is 1. The molecule has 5 nitrogen and oxygen atoms in total. The van der Waals surface area contributed by atoms with Crippen molar-refractivity contribution >= 4 is 46.2 Å². The van der Waals surface area contributed by atoms with E-state index < -0.39 is 0 Å². The van der Waals surface area contributed by atoms with Crippen LogP contribution in [0.3, 0.4) is 0 Å². The fourth-order valence-corrected chi connectivity index (χ4v) is 5.64. The van der Waals surface area contributed by atoms with Crippen LogP contribution in [0, 0.1) is 13.8 Å². The lowest BCUT2D eigenvalue weighted by atomic mass is 9.96. The quantitative estimate of drug-likeness (QED) is 0.286. The van der Waals surface area contributed by atoms with Crippen LogP contribution in [0.2, 0.25) is 10.0 Å². The third-order valence-electron chi connectivity index (χ3n) is 6.37. The third-order valence-corrected chi connectivity index (χ3v) is 7.21. The van der Waals surface area contributed by atoms with Crippen molar-refractivity contribution in [1.29, 1.82) is 0 Å². The molecule has 1 N–H and O–H groups in total. The predicted molar refractivity (Wildman–Crippen MR) is 146 cm³/mol. The molecule has 0 aliphatic carbocycles. The summed E-state index contributed by atoms with van der Waals surface area (Å²) in [7, 11) is 1.60. The number of ether oxygens (including phenoxy) is 1. The fraction of sp³-hybridized carbons (Fsp3) is 0.185. The smallest absolute Gasteiger partial charge is 0.174 e. The number of methoxy groups -OCH3 is 1. The second-order valence-electron chi connectivity index (χ2n) is 8.46. The molecule has 8 heteroatoms. The standard InChI is InChI=1S/C27H24Cl2N4OS/c1-16-13-21(17(2)32(16)19-8-6-7-18(28)14-19)26-25(23-9-4-5-12-30-23)31-27(35)33(26)20-10-11-24(34-3)22(29)15-20/h4-15,25-26H,1-3H3,(H,31,35). The van der Waals surface area contributed by atoms with E-state index in [1.54, 1.807) is 13.3 Å². The van der Waals surface area contributed by atoms with Gasteiger partial charge in [0.15, 0.2) is 5.11 Å². The zero-order valence-corrected chi connectivity index (χ0v) is 21.8. The topological polar surface area (TPSA) is 42.3 Å². The highest BCUT2D eigenvalue weighted by atomic mass is 35.5. The Hall–Kier alpha value is -3.06. The van der Waals surface area contributed by atoms with Gasteiger partial charge in [-0.2, -0.15) is 0 Å². The maximum atomic E-state index is 6.51. The number of thiocarbonyl (C=S) groups is 1. The molecule has 4 aromatic rings. The molecule has 5 rings (SSSR count). The summed E-state index contributed by atoms with van der Waals surface area (Å²) in [5, 5.41) is 5.34. The molecule has 2 unspecified atom stereocenters. The van der Waals surface area contributed by atoms with Gasteiger partial charge >= 0.3 is 0 Å². The Kier molecular flexibility index (Phi) is 6.45. The number of aromatic nitrogens is 2. The van der Waals surface area contributed by atoms with Crippen molar-refractivity contribution in [2.24, 2.45) is 0 Å². The third kappa shape index (κ3) is 4.27. The highest BCUT2D eigenvalue weighted by molar-refractivity contribution is 7.80. The van der Waals surface area contributed by atoms with Gasteiger partial charge in [0.05, 0.1) is 29.9 Å². The van der Waals surface area contributed by atoms with E-state index >= 15 is 0 Å². The van der Waals surface area contributed by atoms with Gasteiger partial charge in [-0.05, 0) is 86.2 Å². The molecule has 0 bridgehead atoms. The zero-order valence-electron chi connectivity index (χ0n) is 19.5. The molecule has 1 aliphatic heterocycles. The molecule has 2 aromatic carbocycles. The molecular weight excluding hydrogens is 499 g/mol.